The predicted octanol–water partition coefficient (Wildman–Crippen LogP) is 3.25. The summed E-state index contributed by atoms with van der Waals surface area (Å²) in [5.74, 6) is 1.36. The summed E-state index contributed by atoms with van der Waals surface area (Å²) in [5, 5.41) is 3.32. The highest BCUT2D eigenvalue weighted by atomic mass is 79.9. The van der Waals surface area contributed by atoms with E-state index in [-0.39, 0.29) is 5.69 Å². The third-order valence-electron chi connectivity index (χ3n) is 3.52. The molecule has 0 fully saturated rings. The third kappa shape index (κ3) is 3.19. The maximum Gasteiger partial charge on any atom is 0.323 e. The largest absolute Gasteiger partial charge is 0.493 e. The maximum atomic E-state index is 11.3. The van der Waals surface area contributed by atoms with Crippen LogP contribution in [0.3, 0.4) is 0 Å². The van der Waals surface area contributed by atoms with E-state index >= 15 is 0 Å². The molecule has 2 aromatic carbocycles. The van der Waals surface area contributed by atoms with Crippen molar-refractivity contribution >= 4 is 32.7 Å². The van der Waals surface area contributed by atoms with Gasteiger partial charge in [-0.05, 0) is 30.3 Å². The zero-order chi connectivity index (χ0) is 16.4. The van der Waals surface area contributed by atoms with E-state index < -0.39 is 0 Å². The summed E-state index contributed by atoms with van der Waals surface area (Å²) in [6.45, 7) is 0.555. The van der Waals surface area contributed by atoms with Crippen molar-refractivity contribution in [2.45, 2.75) is 6.54 Å². The highest BCUT2D eigenvalue weighted by Crippen LogP contribution is 2.35. The molecule has 120 valence electrons. The number of fused-ring (bicyclic) bond motifs is 1. The molecule has 0 amide bonds. The van der Waals surface area contributed by atoms with Crippen LogP contribution in [0.4, 0.5) is 5.69 Å². The number of ether oxygens (including phenoxy) is 2. The van der Waals surface area contributed by atoms with Gasteiger partial charge in [-0.3, -0.25) is 0 Å². The van der Waals surface area contributed by atoms with Crippen LogP contribution in [0.15, 0.2) is 39.6 Å². The average Bonchev–Trinajstić information content (AvgIpc) is 2.91. The maximum absolute atomic E-state index is 11.3. The molecule has 23 heavy (non-hydrogen) atoms. The summed E-state index contributed by atoms with van der Waals surface area (Å²) in [6.07, 6.45) is 0. The summed E-state index contributed by atoms with van der Waals surface area (Å²) >= 11 is 3.47. The zero-order valence-electron chi connectivity index (χ0n) is 12.7. The van der Waals surface area contributed by atoms with Gasteiger partial charge in [0.2, 0.25) is 0 Å². The molecule has 7 heteroatoms. The van der Waals surface area contributed by atoms with E-state index in [9.17, 15) is 4.79 Å². The summed E-state index contributed by atoms with van der Waals surface area (Å²) < 4.78 is 11.7. The Morgan fingerprint density at radius 3 is 2.61 bits per heavy atom. The van der Waals surface area contributed by atoms with Crippen molar-refractivity contribution in [3.63, 3.8) is 0 Å². The highest BCUT2D eigenvalue weighted by molar-refractivity contribution is 9.10. The van der Waals surface area contributed by atoms with Crippen LogP contribution in [0, 0.1) is 0 Å². The summed E-state index contributed by atoms with van der Waals surface area (Å²) in [6, 6.07) is 9.49. The van der Waals surface area contributed by atoms with E-state index in [1.54, 1.807) is 14.2 Å². The smallest absolute Gasteiger partial charge is 0.323 e. The fourth-order valence-corrected chi connectivity index (χ4v) is 2.96. The Morgan fingerprint density at radius 2 is 1.87 bits per heavy atom. The minimum Gasteiger partial charge on any atom is -0.493 e. The molecule has 0 saturated heterocycles. The third-order valence-corrected chi connectivity index (χ3v) is 3.98. The first-order valence-corrected chi connectivity index (χ1v) is 7.76. The first kappa shape index (κ1) is 15.5. The summed E-state index contributed by atoms with van der Waals surface area (Å²) in [5.41, 5.74) is 3.19. The van der Waals surface area contributed by atoms with E-state index in [0.29, 0.717) is 18.0 Å². The number of anilines is 1. The van der Waals surface area contributed by atoms with Crippen LogP contribution in [0.2, 0.25) is 0 Å². The van der Waals surface area contributed by atoms with Crippen LogP contribution >= 0.6 is 15.9 Å². The van der Waals surface area contributed by atoms with E-state index in [2.05, 4.69) is 31.2 Å². The number of nitrogens with one attached hydrogen (secondary N) is 3. The number of halogens is 1. The van der Waals surface area contributed by atoms with E-state index in [1.165, 1.54) is 0 Å². The Kier molecular flexibility index (Phi) is 4.29. The van der Waals surface area contributed by atoms with Crippen LogP contribution < -0.4 is 20.5 Å². The number of hydrogen-bond donors (Lipinski definition) is 3. The number of hydrogen-bond acceptors (Lipinski definition) is 4. The molecular formula is C16H16BrN3O3. The van der Waals surface area contributed by atoms with Gasteiger partial charge >= 0.3 is 5.69 Å². The molecule has 1 heterocycles. The lowest BCUT2D eigenvalue weighted by molar-refractivity contribution is 0.352. The Morgan fingerprint density at radius 1 is 1.09 bits per heavy atom. The van der Waals surface area contributed by atoms with E-state index in [0.717, 1.165) is 26.8 Å². The fourth-order valence-electron chi connectivity index (χ4n) is 2.48. The normalized spacial score (nSPS) is 10.7. The zero-order valence-corrected chi connectivity index (χ0v) is 14.3. The van der Waals surface area contributed by atoms with Gasteiger partial charge in [-0.25, -0.2) is 4.79 Å². The second kappa shape index (κ2) is 6.37. The van der Waals surface area contributed by atoms with Gasteiger partial charge in [-0.2, -0.15) is 0 Å². The molecule has 3 aromatic rings. The second-order valence-electron chi connectivity index (χ2n) is 4.99. The van der Waals surface area contributed by atoms with Crippen molar-refractivity contribution in [3.05, 3.63) is 50.9 Å². The van der Waals surface area contributed by atoms with Gasteiger partial charge in [0.05, 0.1) is 25.3 Å². The minimum absolute atomic E-state index is 0.212. The van der Waals surface area contributed by atoms with E-state index in [4.69, 9.17) is 9.47 Å². The lowest BCUT2D eigenvalue weighted by Gasteiger charge is -2.14. The van der Waals surface area contributed by atoms with Crippen molar-refractivity contribution in [2.75, 3.05) is 19.5 Å². The van der Waals surface area contributed by atoms with E-state index in [1.807, 2.05) is 30.3 Å². The molecule has 0 atom stereocenters. The molecule has 0 saturated carbocycles. The Labute approximate surface area is 140 Å². The number of H-pyrrole nitrogens is 2. The SMILES string of the molecule is COc1cc(Br)cc(CNc2ccc3[nH]c(=O)[nH]c3c2)c1OC. The number of aromatic nitrogens is 2. The van der Waals surface area contributed by atoms with Gasteiger partial charge in [0.1, 0.15) is 0 Å². The van der Waals surface area contributed by atoms with Crippen molar-refractivity contribution in [1.29, 1.82) is 0 Å². The van der Waals surface area contributed by atoms with Crippen molar-refractivity contribution in [1.82, 2.24) is 9.97 Å². The molecule has 3 N–H and O–H groups in total. The summed E-state index contributed by atoms with van der Waals surface area (Å²) in [7, 11) is 3.23. The van der Waals surface area contributed by atoms with Crippen LogP contribution in [-0.2, 0) is 6.54 Å². The lowest BCUT2D eigenvalue weighted by atomic mass is 10.1. The van der Waals surface area contributed by atoms with Crippen LogP contribution in [0.5, 0.6) is 11.5 Å². The highest BCUT2D eigenvalue weighted by Gasteiger charge is 2.11. The van der Waals surface area contributed by atoms with Gasteiger partial charge in [-0.1, -0.05) is 15.9 Å². The van der Waals surface area contributed by atoms with Crippen LogP contribution in [0.25, 0.3) is 11.0 Å². The van der Waals surface area contributed by atoms with Crippen molar-refractivity contribution in [2.24, 2.45) is 0 Å². The lowest BCUT2D eigenvalue weighted by Crippen LogP contribution is -2.03. The molecule has 0 aliphatic carbocycles. The standard InChI is InChI=1S/C16H16BrN3O3/c1-22-14-6-10(17)5-9(15(14)23-2)8-18-11-3-4-12-13(7-11)20-16(21)19-12/h3-7,18H,8H2,1-2H3,(H2,19,20,21). The van der Waals surface area contributed by atoms with Gasteiger partial charge in [0.15, 0.2) is 11.5 Å². The molecule has 0 unspecified atom stereocenters. The Bertz CT molecular complexity index is 901. The fraction of sp³-hybridized carbons (Fsp3) is 0.188. The number of imidazole rings is 1. The number of aromatic amines is 2. The molecule has 1 aromatic heterocycles. The summed E-state index contributed by atoms with van der Waals surface area (Å²) in [4.78, 5) is 16.8. The topological polar surface area (TPSA) is 79.1 Å². The average molecular weight is 378 g/mol. The molecule has 6 nitrogen and oxygen atoms in total. The molecule has 0 spiro atoms. The van der Waals surface area contributed by atoms with Crippen LogP contribution in [-0.4, -0.2) is 24.2 Å². The number of benzene rings is 2. The Hall–Kier alpha value is -2.41. The van der Waals surface area contributed by atoms with Crippen molar-refractivity contribution < 1.29 is 9.47 Å². The predicted molar refractivity (Wildman–Crippen MR) is 93.5 cm³/mol. The second-order valence-corrected chi connectivity index (χ2v) is 5.91. The quantitative estimate of drug-likeness (QED) is 0.637. The Balaban J connectivity index is 1.86. The van der Waals surface area contributed by atoms with Gasteiger partial charge in [0, 0.05) is 22.3 Å². The van der Waals surface area contributed by atoms with Crippen molar-refractivity contribution in [3.8, 4) is 11.5 Å². The molecule has 0 radical (unpaired) electrons. The monoisotopic (exact) mass is 377 g/mol. The molecule has 0 aliphatic heterocycles. The molecule has 0 aliphatic rings. The number of rotatable bonds is 5. The molecule has 3 rings (SSSR count). The van der Waals surface area contributed by atoms with Crippen LogP contribution in [0.1, 0.15) is 5.56 Å². The molecule has 0 bridgehead atoms. The minimum atomic E-state index is -0.212. The van der Waals surface area contributed by atoms with Gasteiger partial charge in [0.25, 0.3) is 0 Å². The number of methoxy groups -OCH3 is 2. The van der Waals surface area contributed by atoms with Gasteiger partial charge in [-0.15, -0.1) is 0 Å². The first-order chi connectivity index (χ1) is 11.1. The van der Waals surface area contributed by atoms with Gasteiger partial charge < -0.3 is 24.8 Å². The molecular weight excluding hydrogens is 362 g/mol. The first-order valence-electron chi connectivity index (χ1n) is 6.97.